The van der Waals surface area contributed by atoms with Crippen molar-refractivity contribution in [3.8, 4) is 11.5 Å². The normalized spacial score (nSPS) is 17.2. The van der Waals surface area contributed by atoms with Crippen molar-refractivity contribution in [3.05, 3.63) is 23.8 Å². The number of rotatable bonds is 3. The summed E-state index contributed by atoms with van der Waals surface area (Å²) >= 11 is 0. The molecule has 1 saturated heterocycles. The molecular formula is C12H12N2O6. The molecule has 0 aliphatic carbocycles. The minimum Gasteiger partial charge on any atom is -0.497 e. The number of imide groups is 2. The Morgan fingerprint density at radius 1 is 1.05 bits per heavy atom. The zero-order valence-corrected chi connectivity index (χ0v) is 10.7. The molecule has 1 aromatic carbocycles. The van der Waals surface area contributed by atoms with Gasteiger partial charge in [0.25, 0.3) is 17.4 Å². The lowest BCUT2D eigenvalue weighted by Crippen LogP contribution is -2.64. The van der Waals surface area contributed by atoms with E-state index in [1.807, 2.05) is 10.6 Å². The fourth-order valence-electron chi connectivity index (χ4n) is 1.86. The maximum absolute atomic E-state index is 11.8. The van der Waals surface area contributed by atoms with Crippen LogP contribution in [0.2, 0.25) is 0 Å². The van der Waals surface area contributed by atoms with Crippen LogP contribution in [0.5, 0.6) is 11.5 Å². The van der Waals surface area contributed by atoms with Crippen molar-refractivity contribution in [2.24, 2.45) is 0 Å². The summed E-state index contributed by atoms with van der Waals surface area (Å²) in [6, 6.07) is 3.18. The number of aliphatic hydroxyl groups is 1. The first-order chi connectivity index (χ1) is 9.43. The number of hydrogen-bond acceptors (Lipinski definition) is 6. The molecule has 0 aromatic heterocycles. The molecule has 3 N–H and O–H groups in total. The van der Waals surface area contributed by atoms with Gasteiger partial charge in [0.05, 0.1) is 14.2 Å². The summed E-state index contributed by atoms with van der Waals surface area (Å²) < 4.78 is 10.0. The SMILES string of the molecule is COc1ccc(C2(O)C(=O)NC(=O)NC2=O)c(OC)c1. The second-order valence-electron chi connectivity index (χ2n) is 4.01. The molecule has 1 aliphatic rings. The van der Waals surface area contributed by atoms with Crippen LogP contribution in [0.4, 0.5) is 4.79 Å². The van der Waals surface area contributed by atoms with Crippen LogP contribution in [-0.4, -0.2) is 37.2 Å². The lowest BCUT2D eigenvalue weighted by Gasteiger charge is -2.30. The number of methoxy groups -OCH3 is 2. The van der Waals surface area contributed by atoms with Crippen molar-refractivity contribution >= 4 is 17.8 Å². The van der Waals surface area contributed by atoms with E-state index in [4.69, 9.17) is 9.47 Å². The summed E-state index contributed by atoms with van der Waals surface area (Å²) in [4.78, 5) is 34.7. The third kappa shape index (κ3) is 1.95. The number of carbonyl (C=O) groups excluding carboxylic acids is 3. The highest BCUT2D eigenvalue weighted by Crippen LogP contribution is 2.34. The molecule has 20 heavy (non-hydrogen) atoms. The molecule has 0 saturated carbocycles. The predicted octanol–water partition coefficient (Wildman–Crippen LogP) is -0.743. The quantitative estimate of drug-likeness (QED) is 0.628. The second-order valence-corrected chi connectivity index (χ2v) is 4.01. The van der Waals surface area contributed by atoms with Crippen LogP contribution >= 0.6 is 0 Å². The van der Waals surface area contributed by atoms with E-state index in [1.165, 1.54) is 32.4 Å². The lowest BCUT2D eigenvalue weighted by atomic mass is 9.89. The Hall–Kier alpha value is -2.61. The van der Waals surface area contributed by atoms with Gasteiger partial charge >= 0.3 is 6.03 Å². The van der Waals surface area contributed by atoms with E-state index in [9.17, 15) is 19.5 Å². The van der Waals surface area contributed by atoms with Gasteiger partial charge in [-0.2, -0.15) is 0 Å². The Bertz CT molecular complexity index is 578. The molecule has 8 nitrogen and oxygen atoms in total. The number of nitrogens with one attached hydrogen (secondary N) is 2. The van der Waals surface area contributed by atoms with E-state index in [1.54, 1.807) is 0 Å². The molecule has 0 radical (unpaired) electrons. The summed E-state index contributed by atoms with van der Waals surface area (Å²) in [5.41, 5.74) is -2.64. The molecule has 0 atom stereocenters. The molecule has 8 heteroatoms. The molecule has 1 heterocycles. The Kier molecular flexibility index (Phi) is 3.33. The van der Waals surface area contributed by atoms with Crippen LogP contribution in [0.15, 0.2) is 18.2 Å². The van der Waals surface area contributed by atoms with Gasteiger partial charge in [-0.3, -0.25) is 20.2 Å². The van der Waals surface area contributed by atoms with Crippen LogP contribution in [0.1, 0.15) is 5.56 Å². The number of urea groups is 1. The minimum atomic E-state index is -2.55. The van der Waals surface area contributed by atoms with Gasteiger partial charge in [0.15, 0.2) is 0 Å². The molecule has 1 aliphatic heterocycles. The largest absolute Gasteiger partial charge is 0.497 e. The highest BCUT2D eigenvalue weighted by molar-refractivity contribution is 6.21. The van der Waals surface area contributed by atoms with E-state index in [0.717, 1.165) is 0 Å². The van der Waals surface area contributed by atoms with Gasteiger partial charge < -0.3 is 14.6 Å². The van der Waals surface area contributed by atoms with Gasteiger partial charge in [-0.25, -0.2) is 4.79 Å². The Labute approximate surface area is 113 Å². The number of carbonyl (C=O) groups is 3. The molecule has 0 spiro atoms. The van der Waals surface area contributed by atoms with Crippen molar-refractivity contribution in [2.75, 3.05) is 14.2 Å². The first-order valence-electron chi connectivity index (χ1n) is 5.55. The van der Waals surface area contributed by atoms with Gasteiger partial charge in [0, 0.05) is 11.6 Å². The van der Waals surface area contributed by atoms with Crippen molar-refractivity contribution in [1.29, 1.82) is 0 Å². The minimum absolute atomic E-state index is 0.0755. The van der Waals surface area contributed by atoms with Gasteiger partial charge in [-0.1, -0.05) is 0 Å². The molecule has 0 unspecified atom stereocenters. The van der Waals surface area contributed by atoms with Gasteiger partial charge in [0.2, 0.25) is 0 Å². The number of benzene rings is 1. The van der Waals surface area contributed by atoms with Crippen LogP contribution in [0.3, 0.4) is 0 Å². The van der Waals surface area contributed by atoms with Gasteiger partial charge in [0.1, 0.15) is 11.5 Å². The molecule has 106 valence electrons. The van der Waals surface area contributed by atoms with Crippen LogP contribution in [0, 0.1) is 0 Å². The molecule has 2 rings (SSSR count). The Morgan fingerprint density at radius 2 is 1.65 bits per heavy atom. The zero-order chi connectivity index (χ0) is 14.9. The summed E-state index contributed by atoms with van der Waals surface area (Å²) in [5, 5.41) is 14.0. The van der Waals surface area contributed by atoms with E-state index in [0.29, 0.717) is 5.75 Å². The zero-order valence-electron chi connectivity index (χ0n) is 10.7. The van der Waals surface area contributed by atoms with Crippen LogP contribution < -0.4 is 20.1 Å². The summed E-state index contributed by atoms with van der Waals surface area (Å²) in [7, 11) is 2.74. The second kappa shape index (κ2) is 4.82. The summed E-state index contributed by atoms with van der Waals surface area (Å²) in [6.07, 6.45) is 0. The Morgan fingerprint density at radius 3 is 2.15 bits per heavy atom. The van der Waals surface area contributed by atoms with Crippen molar-refractivity contribution in [3.63, 3.8) is 0 Å². The van der Waals surface area contributed by atoms with E-state index < -0.39 is 23.4 Å². The fraction of sp³-hybridized carbons (Fsp3) is 0.250. The van der Waals surface area contributed by atoms with Crippen LogP contribution in [0.25, 0.3) is 0 Å². The maximum Gasteiger partial charge on any atom is 0.328 e. The highest BCUT2D eigenvalue weighted by Gasteiger charge is 2.52. The fourth-order valence-corrected chi connectivity index (χ4v) is 1.86. The third-order valence-corrected chi connectivity index (χ3v) is 2.91. The predicted molar refractivity (Wildman–Crippen MR) is 65.1 cm³/mol. The summed E-state index contributed by atoms with van der Waals surface area (Å²) in [6.45, 7) is 0. The molecular weight excluding hydrogens is 268 g/mol. The molecule has 1 fully saturated rings. The highest BCUT2D eigenvalue weighted by atomic mass is 16.5. The van der Waals surface area contributed by atoms with E-state index in [2.05, 4.69) is 0 Å². The smallest absolute Gasteiger partial charge is 0.328 e. The van der Waals surface area contributed by atoms with Crippen LogP contribution in [-0.2, 0) is 15.2 Å². The van der Waals surface area contributed by atoms with E-state index >= 15 is 0 Å². The molecule has 4 amide bonds. The summed E-state index contributed by atoms with van der Waals surface area (Å²) in [5.74, 6) is -1.79. The van der Waals surface area contributed by atoms with Gasteiger partial charge in [-0.15, -0.1) is 0 Å². The Balaban J connectivity index is 2.56. The average Bonchev–Trinajstić information content (AvgIpc) is 2.43. The lowest BCUT2D eigenvalue weighted by molar-refractivity contribution is -0.155. The molecule has 1 aromatic rings. The first-order valence-corrected chi connectivity index (χ1v) is 5.55. The standard InChI is InChI=1S/C12H12N2O6/c1-19-6-3-4-7(8(5-6)20-2)12(18)9(15)13-11(17)14-10(12)16/h3-5,18H,1-2H3,(H2,13,14,15,16,17). The van der Waals surface area contributed by atoms with Gasteiger partial charge in [-0.05, 0) is 12.1 Å². The monoisotopic (exact) mass is 280 g/mol. The van der Waals surface area contributed by atoms with E-state index in [-0.39, 0.29) is 11.3 Å². The number of hydrogen-bond donors (Lipinski definition) is 3. The topological polar surface area (TPSA) is 114 Å². The number of amides is 4. The van der Waals surface area contributed by atoms with Crippen molar-refractivity contribution in [2.45, 2.75) is 5.60 Å². The number of ether oxygens (including phenoxy) is 2. The molecule has 0 bridgehead atoms. The first kappa shape index (κ1) is 13.8. The average molecular weight is 280 g/mol. The van der Waals surface area contributed by atoms with Crippen molar-refractivity contribution in [1.82, 2.24) is 10.6 Å². The number of barbiturate groups is 1. The van der Waals surface area contributed by atoms with Crippen molar-refractivity contribution < 1.29 is 29.0 Å². The third-order valence-electron chi connectivity index (χ3n) is 2.91. The maximum atomic E-state index is 11.8.